The van der Waals surface area contributed by atoms with Gasteiger partial charge < -0.3 is 14.6 Å². The van der Waals surface area contributed by atoms with Gasteiger partial charge in [0.25, 0.3) is 0 Å². The summed E-state index contributed by atoms with van der Waals surface area (Å²) in [6.07, 6.45) is 0. The van der Waals surface area contributed by atoms with Crippen molar-refractivity contribution in [2.75, 3.05) is 27.2 Å². The number of furan rings is 1. The molecule has 6 nitrogen and oxygen atoms in total. The highest BCUT2D eigenvalue weighted by Gasteiger charge is 2.25. The molecule has 0 saturated heterocycles. The summed E-state index contributed by atoms with van der Waals surface area (Å²) in [5, 5.41) is 15.3. The number of likely N-dealkylation sites (N-methyl/N-ethyl adjacent to an activating group) is 2. The Morgan fingerprint density at radius 2 is 1.96 bits per heavy atom. The monoisotopic (exact) mass is 339 g/mol. The van der Waals surface area contributed by atoms with Crippen LogP contribution in [0.2, 0.25) is 0 Å². The van der Waals surface area contributed by atoms with Crippen LogP contribution in [0.4, 0.5) is 5.88 Å². The summed E-state index contributed by atoms with van der Waals surface area (Å²) in [6.45, 7) is 2.60. The minimum absolute atomic E-state index is 0.207. The molecule has 130 valence electrons. The number of benzene rings is 2. The van der Waals surface area contributed by atoms with Crippen molar-refractivity contribution >= 4 is 16.9 Å². The summed E-state index contributed by atoms with van der Waals surface area (Å²) < 4.78 is 5.52. The molecule has 2 aromatic carbocycles. The fraction of sp³-hybridized carbons (Fsp3) is 0.263. The van der Waals surface area contributed by atoms with Crippen LogP contribution in [0.25, 0.3) is 22.1 Å². The highest BCUT2D eigenvalue weighted by Crippen LogP contribution is 2.40. The van der Waals surface area contributed by atoms with E-state index < -0.39 is 4.92 Å². The lowest BCUT2D eigenvalue weighted by Gasteiger charge is -2.16. The second-order valence-corrected chi connectivity index (χ2v) is 6.08. The van der Waals surface area contributed by atoms with Gasteiger partial charge in [0.1, 0.15) is 16.1 Å². The normalized spacial score (nSPS) is 11.3. The molecule has 0 aliphatic rings. The number of nitrogens with one attached hydrogen (secondary N) is 1. The Morgan fingerprint density at radius 1 is 1.20 bits per heavy atom. The van der Waals surface area contributed by atoms with Crippen molar-refractivity contribution in [3.8, 4) is 11.1 Å². The highest BCUT2D eigenvalue weighted by molar-refractivity contribution is 5.98. The van der Waals surface area contributed by atoms with E-state index in [9.17, 15) is 10.1 Å². The molecule has 0 unspecified atom stereocenters. The molecule has 0 atom stereocenters. The molecule has 3 aromatic rings. The van der Waals surface area contributed by atoms with Crippen LogP contribution >= 0.6 is 0 Å². The van der Waals surface area contributed by atoms with Crippen molar-refractivity contribution in [3.63, 3.8) is 0 Å². The average Bonchev–Trinajstić information content (AvgIpc) is 3.00. The van der Waals surface area contributed by atoms with E-state index in [1.54, 1.807) is 0 Å². The minimum atomic E-state index is -0.457. The van der Waals surface area contributed by atoms with Crippen LogP contribution < -0.4 is 5.32 Å². The molecule has 0 amide bonds. The molecule has 0 aliphatic carbocycles. The van der Waals surface area contributed by atoms with Crippen molar-refractivity contribution in [2.24, 2.45) is 0 Å². The van der Waals surface area contributed by atoms with E-state index in [0.717, 1.165) is 36.1 Å². The summed E-state index contributed by atoms with van der Waals surface area (Å²) in [7, 11) is 3.98. The van der Waals surface area contributed by atoms with E-state index in [-0.39, 0.29) is 5.88 Å². The summed E-state index contributed by atoms with van der Waals surface area (Å²) >= 11 is 0. The second-order valence-electron chi connectivity index (χ2n) is 6.08. The van der Waals surface area contributed by atoms with Crippen LogP contribution in [0, 0.1) is 10.1 Å². The first kappa shape index (κ1) is 17.1. The summed E-state index contributed by atoms with van der Waals surface area (Å²) in [4.78, 5) is 13.2. The van der Waals surface area contributed by atoms with Gasteiger partial charge in [-0.3, -0.25) is 10.1 Å². The SMILES string of the molecule is CNCCN(C)Cc1ccc2oc([N+](=O)[O-])c(-c3ccccc3)c2c1. The minimum Gasteiger partial charge on any atom is -0.400 e. The van der Waals surface area contributed by atoms with E-state index in [4.69, 9.17) is 4.42 Å². The number of fused-ring (bicyclic) bond motifs is 1. The predicted molar refractivity (Wildman–Crippen MR) is 98.6 cm³/mol. The van der Waals surface area contributed by atoms with Crippen LogP contribution in [0.1, 0.15) is 5.56 Å². The number of rotatable bonds is 7. The fourth-order valence-electron chi connectivity index (χ4n) is 2.94. The van der Waals surface area contributed by atoms with Crippen LogP contribution in [0.15, 0.2) is 52.9 Å². The molecule has 25 heavy (non-hydrogen) atoms. The topological polar surface area (TPSA) is 71.5 Å². The Bertz CT molecular complexity index is 874. The van der Waals surface area contributed by atoms with Gasteiger partial charge in [-0.2, -0.15) is 0 Å². The van der Waals surface area contributed by atoms with Crippen molar-refractivity contribution in [3.05, 3.63) is 64.2 Å². The van der Waals surface area contributed by atoms with Crippen molar-refractivity contribution in [1.29, 1.82) is 0 Å². The second kappa shape index (κ2) is 7.46. The molecule has 0 spiro atoms. The molecular weight excluding hydrogens is 318 g/mol. The van der Waals surface area contributed by atoms with Gasteiger partial charge in [-0.25, -0.2) is 0 Å². The molecule has 0 saturated carbocycles. The number of hydrogen-bond acceptors (Lipinski definition) is 5. The van der Waals surface area contributed by atoms with Crippen LogP contribution in [-0.2, 0) is 6.54 Å². The predicted octanol–water partition coefficient (Wildman–Crippen LogP) is 3.66. The number of nitro groups is 1. The first-order valence-electron chi connectivity index (χ1n) is 8.18. The third kappa shape index (κ3) is 3.70. The lowest BCUT2D eigenvalue weighted by atomic mass is 10.0. The molecule has 1 N–H and O–H groups in total. The molecule has 0 bridgehead atoms. The molecule has 6 heteroatoms. The van der Waals surface area contributed by atoms with Gasteiger partial charge in [-0.1, -0.05) is 36.4 Å². The average molecular weight is 339 g/mol. The van der Waals surface area contributed by atoms with Crippen molar-refractivity contribution in [1.82, 2.24) is 10.2 Å². The van der Waals surface area contributed by atoms with E-state index in [0.29, 0.717) is 11.1 Å². The van der Waals surface area contributed by atoms with Crippen LogP contribution in [-0.4, -0.2) is 37.0 Å². The number of hydrogen-bond donors (Lipinski definition) is 1. The molecule has 0 radical (unpaired) electrons. The van der Waals surface area contributed by atoms with Crippen LogP contribution in [0.5, 0.6) is 0 Å². The molecule has 1 aromatic heterocycles. The Balaban J connectivity index is 2.04. The van der Waals surface area contributed by atoms with Gasteiger partial charge in [0.2, 0.25) is 0 Å². The summed E-state index contributed by atoms with van der Waals surface area (Å²) in [6, 6.07) is 15.1. The van der Waals surface area contributed by atoms with Crippen LogP contribution in [0.3, 0.4) is 0 Å². The molecular formula is C19H21N3O3. The fourth-order valence-corrected chi connectivity index (χ4v) is 2.94. The third-order valence-corrected chi connectivity index (χ3v) is 4.16. The van der Waals surface area contributed by atoms with E-state index in [1.165, 1.54) is 0 Å². The maximum atomic E-state index is 11.4. The standard InChI is InChI=1S/C19H21N3O3/c1-20-10-11-21(2)13-14-8-9-17-16(12-14)18(19(25-17)22(23)24)15-6-4-3-5-7-15/h3-9,12,20H,10-11,13H2,1-2H3. The maximum Gasteiger partial charge on any atom is 0.442 e. The van der Waals surface area contributed by atoms with Gasteiger partial charge in [0, 0.05) is 25.0 Å². The summed E-state index contributed by atoms with van der Waals surface area (Å²) in [5.74, 6) is -0.207. The zero-order chi connectivity index (χ0) is 17.8. The van der Waals surface area contributed by atoms with Gasteiger partial charge in [0.05, 0.1) is 0 Å². The summed E-state index contributed by atoms with van der Waals surface area (Å²) in [5.41, 5.74) is 2.96. The molecule has 0 aliphatic heterocycles. The zero-order valence-corrected chi connectivity index (χ0v) is 14.4. The first-order valence-corrected chi connectivity index (χ1v) is 8.18. The Kier molecular flexibility index (Phi) is 5.11. The van der Waals surface area contributed by atoms with Gasteiger partial charge in [-0.15, -0.1) is 0 Å². The highest BCUT2D eigenvalue weighted by atomic mass is 16.6. The first-order chi connectivity index (χ1) is 12.1. The quantitative estimate of drug-likeness (QED) is 0.525. The lowest BCUT2D eigenvalue weighted by molar-refractivity contribution is -0.400. The Morgan fingerprint density at radius 3 is 2.64 bits per heavy atom. The maximum absolute atomic E-state index is 11.4. The van der Waals surface area contributed by atoms with Gasteiger partial charge in [0.15, 0.2) is 0 Å². The van der Waals surface area contributed by atoms with E-state index in [2.05, 4.69) is 17.3 Å². The number of nitrogens with zero attached hydrogens (tertiary/aromatic N) is 2. The third-order valence-electron chi connectivity index (χ3n) is 4.16. The van der Waals surface area contributed by atoms with Crippen molar-refractivity contribution in [2.45, 2.75) is 6.54 Å². The molecule has 0 fully saturated rings. The van der Waals surface area contributed by atoms with Gasteiger partial charge >= 0.3 is 5.88 Å². The van der Waals surface area contributed by atoms with Crippen molar-refractivity contribution < 1.29 is 9.34 Å². The smallest absolute Gasteiger partial charge is 0.400 e. The largest absolute Gasteiger partial charge is 0.442 e. The molecule has 3 rings (SSSR count). The Hall–Kier alpha value is -2.70. The zero-order valence-electron chi connectivity index (χ0n) is 14.4. The lowest BCUT2D eigenvalue weighted by Crippen LogP contribution is -2.26. The Labute approximate surface area is 146 Å². The van der Waals surface area contributed by atoms with Gasteiger partial charge in [-0.05, 0) is 37.4 Å². The van der Waals surface area contributed by atoms with E-state index in [1.807, 2.05) is 55.6 Å². The molecule has 1 heterocycles. The van der Waals surface area contributed by atoms with E-state index >= 15 is 0 Å².